The molecule has 11 heteroatoms. The van der Waals surface area contributed by atoms with Crippen molar-refractivity contribution in [2.75, 3.05) is 23.9 Å². The Hall–Kier alpha value is -3.21. The molecule has 1 amide bonds. The standard InChI is InChI=1S/C20H19F4N3O3.CH4O/c1-20(2)8-15(18(29)26-11-5-6-25-12(7-11)9-28)27(10-20)14-4-3-13(21)16(22)17(14)30-19(23)24;1-2/h3-7,9,15,19H,8,10H2,1-2H3,(H,25,26,29);2H,1H3. The summed E-state index contributed by atoms with van der Waals surface area (Å²) in [4.78, 5) is 29.1. The zero-order valence-electron chi connectivity index (χ0n) is 17.6. The molecule has 0 radical (unpaired) electrons. The Balaban J connectivity index is 0.00000176. The van der Waals surface area contributed by atoms with Crippen molar-refractivity contribution in [1.29, 1.82) is 0 Å². The molecular formula is C21H23F4N3O4. The van der Waals surface area contributed by atoms with Crippen molar-refractivity contribution >= 4 is 23.6 Å². The van der Waals surface area contributed by atoms with Crippen LogP contribution < -0.4 is 15.0 Å². The molecule has 2 aromatic rings. The largest absolute Gasteiger partial charge is 0.429 e. The van der Waals surface area contributed by atoms with E-state index in [2.05, 4.69) is 15.0 Å². The first kappa shape index (κ1) is 25.1. The Morgan fingerprint density at radius 3 is 2.62 bits per heavy atom. The van der Waals surface area contributed by atoms with Crippen LogP contribution in [0, 0.1) is 17.0 Å². The van der Waals surface area contributed by atoms with Gasteiger partial charge in [-0.15, -0.1) is 0 Å². The molecule has 0 saturated carbocycles. The van der Waals surface area contributed by atoms with Crippen molar-refractivity contribution in [1.82, 2.24) is 4.98 Å². The number of carbonyl (C=O) groups excluding carboxylic acids is 2. The quantitative estimate of drug-likeness (QED) is 0.509. The molecule has 0 aliphatic carbocycles. The summed E-state index contributed by atoms with van der Waals surface area (Å²) in [5, 5.41) is 9.65. The summed E-state index contributed by atoms with van der Waals surface area (Å²) >= 11 is 0. The summed E-state index contributed by atoms with van der Waals surface area (Å²) in [6.45, 7) is 0.558. The highest BCUT2D eigenvalue weighted by Crippen LogP contribution is 2.43. The number of benzene rings is 1. The number of amides is 1. The number of aldehydes is 1. The maximum atomic E-state index is 14.2. The number of aliphatic hydroxyl groups is 1. The normalized spacial score (nSPS) is 16.9. The highest BCUT2D eigenvalue weighted by molar-refractivity contribution is 5.98. The molecule has 1 unspecified atom stereocenters. The fourth-order valence-electron chi connectivity index (χ4n) is 3.52. The van der Waals surface area contributed by atoms with Gasteiger partial charge in [0.25, 0.3) is 0 Å². The van der Waals surface area contributed by atoms with Gasteiger partial charge in [-0.25, -0.2) is 4.39 Å². The van der Waals surface area contributed by atoms with E-state index >= 15 is 0 Å². The molecule has 7 nitrogen and oxygen atoms in total. The third-order valence-corrected chi connectivity index (χ3v) is 4.74. The number of nitrogens with zero attached hydrogens (tertiary/aromatic N) is 2. The van der Waals surface area contributed by atoms with E-state index in [1.165, 1.54) is 23.2 Å². The molecule has 2 heterocycles. The minimum atomic E-state index is -3.37. The highest BCUT2D eigenvalue weighted by Gasteiger charge is 2.43. The number of rotatable bonds is 6. The Morgan fingerprint density at radius 1 is 1.31 bits per heavy atom. The molecule has 1 aliphatic rings. The van der Waals surface area contributed by atoms with Gasteiger partial charge in [0.2, 0.25) is 11.7 Å². The molecule has 1 aromatic heterocycles. The van der Waals surface area contributed by atoms with Crippen molar-refractivity contribution in [2.24, 2.45) is 5.41 Å². The van der Waals surface area contributed by atoms with Crippen LogP contribution in [0.4, 0.5) is 28.9 Å². The van der Waals surface area contributed by atoms with E-state index in [1.54, 1.807) is 0 Å². The zero-order valence-corrected chi connectivity index (χ0v) is 17.6. The number of alkyl halides is 2. The summed E-state index contributed by atoms with van der Waals surface area (Å²) in [5.74, 6) is -4.35. The lowest BCUT2D eigenvalue weighted by Crippen LogP contribution is -2.40. The zero-order chi connectivity index (χ0) is 24.1. The van der Waals surface area contributed by atoms with Crippen LogP contribution >= 0.6 is 0 Å². The topological polar surface area (TPSA) is 91.8 Å². The highest BCUT2D eigenvalue weighted by atomic mass is 19.3. The average molecular weight is 457 g/mol. The van der Waals surface area contributed by atoms with E-state index < -0.39 is 41.4 Å². The first-order valence-electron chi connectivity index (χ1n) is 9.47. The summed E-state index contributed by atoms with van der Waals surface area (Å²) in [7, 11) is 1.00. The van der Waals surface area contributed by atoms with Gasteiger partial charge in [-0.2, -0.15) is 13.2 Å². The van der Waals surface area contributed by atoms with Gasteiger partial charge in [-0.05, 0) is 36.1 Å². The maximum Gasteiger partial charge on any atom is 0.387 e. The molecule has 1 aliphatic heterocycles. The van der Waals surface area contributed by atoms with Crippen LogP contribution in [-0.4, -0.2) is 48.6 Å². The van der Waals surface area contributed by atoms with Crippen LogP contribution in [0.5, 0.6) is 5.75 Å². The molecular weight excluding hydrogens is 434 g/mol. The molecule has 1 aromatic carbocycles. The minimum Gasteiger partial charge on any atom is -0.429 e. The van der Waals surface area contributed by atoms with Gasteiger partial charge >= 0.3 is 6.61 Å². The lowest BCUT2D eigenvalue weighted by atomic mass is 9.90. The summed E-state index contributed by atoms with van der Waals surface area (Å²) in [6, 6.07) is 3.88. The van der Waals surface area contributed by atoms with Crippen molar-refractivity contribution in [2.45, 2.75) is 32.9 Å². The number of halogens is 4. The van der Waals surface area contributed by atoms with Crippen molar-refractivity contribution in [3.8, 4) is 5.75 Å². The summed E-state index contributed by atoms with van der Waals surface area (Å²) in [5.41, 5.74) is -0.148. The lowest BCUT2D eigenvalue weighted by molar-refractivity contribution is -0.117. The van der Waals surface area contributed by atoms with Gasteiger partial charge < -0.3 is 20.1 Å². The van der Waals surface area contributed by atoms with Crippen molar-refractivity contribution in [3.05, 3.63) is 47.8 Å². The molecule has 1 saturated heterocycles. The maximum absolute atomic E-state index is 14.2. The van der Waals surface area contributed by atoms with Crippen LogP contribution in [-0.2, 0) is 4.79 Å². The number of pyridine rings is 1. The third-order valence-electron chi connectivity index (χ3n) is 4.74. The molecule has 174 valence electrons. The molecule has 1 fully saturated rings. The minimum absolute atomic E-state index is 0.115. The lowest BCUT2D eigenvalue weighted by Gasteiger charge is -2.28. The van der Waals surface area contributed by atoms with E-state index in [0.29, 0.717) is 18.4 Å². The number of aromatic nitrogens is 1. The second-order valence-corrected chi connectivity index (χ2v) is 7.68. The van der Waals surface area contributed by atoms with E-state index in [-0.39, 0.29) is 17.9 Å². The van der Waals surface area contributed by atoms with Crippen LogP contribution in [0.15, 0.2) is 30.5 Å². The Morgan fingerprint density at radius 2 is 2.00 bits per heavy atom. The second kappa shape index (κ2) is 10.4. The number of hydrogen-bond acceptors (Lipinski definition) is 6. The van der Waals surface area contributed by atoms with Gasteiger partial charge in [-0.3, -0.25) is 14.6 Å². The predicted octanol–water partition coefficient (Wildman–Crippen LogP) is 3.63. The number of anilines is 2. The fraction of sp³-hybridized carbons (Fsp3) is 0.381. The Bertz CT molecular complexity index is 972. The molecule has 32 heavy (non-hydrogen) atoms. The first-order valence-corrected chi connectivity index (χ1v) is 9.47. The smallest absolute Gasteiger partial charge is 0.387 e. The van der Waals surface area contributed by atoms with Gasteiger partial charge in [0.15, 0.2) is 17.9 Å². The number of nitrogens with one attached hydrogen (secondary N) is 1. The van der Waals surface area contributed by atoms with Crippen molar-refractivity contribution in [3.63, 3.8) is 0 Å². The third kappa shape index (κ3) is 5.72. The average Bonchev–Trinajstić information content (AvgIpc) is 3.08. The molecule has 0 bridgehead atoms. The number of carbonyl (C=O) groups is 2. The molecule has 2 N–H and O–H groups in total. The summed E-state index contributed by atoms with van der Waals surface area (Å²) < 4.78 is 57.7. The van der Waals surface area contributed by atoms with E-state index in [1.807, 2.05) is 13.8 Å². The molecule has 3 rings (SSSR count). The van der Waals surface area contributed by atoms with Gasteiger partial charge in [0.05, 0.1) is 5.69 Å². The van der Waals surface area contributed by atoms with E-state index in [9.17, 15) is 27.2 Å². The second-order valence-electron chi connectivity index (χ2n) is 7.68. The van der Waals surface area contributed by atoms with Crippen molar-refractivity contribution < 1.29 is 37.0 Å². The van der Waals surface area contributed by atoms with Gasteiger partial charge in [0.1, 0.15) is 11.7 Å². The van der Waals surface area contributed by atoms with Crippen LogP contribution in [0.25, 0.3) is 0 Å². The van der Waals surface area contributed by atoms with Gasteiger partial charge in [0, 0.05) is 25.5 Å². The molecule has 0 spiro atoms. The van der Waals surface area contributed by atoms with E-state index in [0.717, 1.165) is 19.2 Å². The number of ether oxygens (including phenoxy) is 1. The predicted molar refractivity (Wildman–Crippen MR) is 109 cm³/mol. The fourth-order valence-corrected chi connectivity index (χ4v) is 3.52. The molecule has 1 atom stereocenters. The Labute approximate surface area is 182 Å². The SMILES string of the molecule is CC1(C)CC(C(=O)Nc2ccnc(C=O)c2)N(c2ccc(F)c(F)c2OC(F)F)C1.CO. The van der Waals surface area contributed by atoms with Gasteiger partial charge in [-0.1, -0.05) is 13.8 Å². The van der Waals surface area contributed by atoms with Crippen LogP contribution in [0.1, 0.15) is 30.8 Å². The monoisotopic (exact) mass is 457 g/mol. The van der Waals surface area contributed by atoms with Crippen LogP contribution in [0.3, 0.4) is 0 Å². The first-order chi connectivity index (χ1) is 15.1. The number of hydrogen-bond donors (Lipinski definition) is 2. The number of aliphatic hydroxyl groups excluding tert-OH is 1. The van der Waals surface area contributed by atoms with Crippen LogP contribution in [0.2, 0.25) is 0 Å². The Kier molecular flexibility index (Phi) is 8.14. The summed E-state index contributed by atoms with van der Waals surface area (Å²) in [6.07, 6.45) is 2.19. The van der Waals surface area contributed by atoms with E-state index in [4.69, 9.17) is 5.11 Å².